The first kappa shape index (κ1) is 17.9. The minimum absolute atomic E-state index is 0.152. The van der Waals surface area contributed by atoms with Crippen LogP contribution in [0.5, 0.6) is 0 Å². The Kier molecular flexibility index (Phi) is 4.20. The average molecular weight is 405 g/mol. The zero-order chi connectivity index (χ0) is 20.7. The zero-order valence-corrected chi connectivity index (χ0v) is 15.4. The molecule has 148 valence electrons. The summed E-state index contributed by atoms with van der Waals surface area (Å²) < 4.78 is 34.6. The summed E-state index contributed by atoms with van der Waals surface area (Å²) >= 11 is 0. The molecule has 5 aromatic rings. The van der Waals surface area contributed by atoms with Crippen LogP contribution < -0.4 is 5.69 Å². The molecule has 0 aliphatic rings. The van der Waals surface area contributed by atoms with Crippen molar-refractivity contribution in [1.82, 2.24) is 24.3 Å². The largest absolute Gasteiger partial charge is 0.350 e. The van der Waals surface area contributed by atoms with Crippen LogP contribution in [-0.2, 0) is 6.54 Å². The van der Waals surface area contributed by atoms with E-state index in [1.54, 1.807) is 42.6 Å². The molecule has 0 saturated heterocycles. The van der Waals surface area contributed by atoms with Crippen LogP contribution in [0.15, 0.2) is 76.2 Å². The van der Waals surface area contributed by atoms with Crippen molar-refractivity contribution in [3.05, 3.63) is 94.5 Å². The molecular formula is C21H13F2N5O2. The molecule has 0 N–H and O–H groups in total. The van der Waals surface area contributed by atoms with Crippen molar-refractivity contribution in [2.24, 2.45) is 0 Å². The second kappa shape index (κ2) is 7.03. The molecule has 0 radical (unpaired) electrons. The van der Waals surface area contributed by atoms with Gasteiger partial charge in [-0.2, -0.15) is 4.98 Å². The highest BCUT2D eigenvalue weighted by atomic mass is 19.1. The molecule has 2 aromatic carbocycles. The fourth-order valence-electron chi connectivity index (χ4n) is 3.15. The van der Waals surface area contributed by atoms with E-state index in [0.29, 0.717) is 16.8 Å². The Hall–Kier alpha value is -4.14. The van der Waals surface area contributed by atoms with Gasteiger partial charge in [0.05, 0.1) is 12.1 Å². The molecule has 0 fully saturated rings. The van der Waals surface area contributed by atoms with Gasteiger partial charge in [0.1, 0.15) is 11.6 Å². The van der Waals surface area contributed by atoms with Gasteiger partial charge in [-0.15, -0.1) is 5.10 Å². The number of aromatic nitrogens is 5. The number of benzene rings is 2. The van der Waals surface area contributed by atoms with E-state index in [9.17, 15) is 13.6 Å². The van der Waals surface area contributed by atoms with Crippen LogP contribution in [0.4, 0.5) is 8.78 Å². The first-order valence-corrected chi connectivity index (χ1v) is 9.01. The Bertz CT molecular complexity index is 1420. The Morgan fingerprint density at radius 2 is 1.80 bits per heavy atom. The highest BCUT2D eigenvalue weighted by molar-refractivity contribution is 5.72. The van der Waals surface area contributed by atoms with Crippen molar-refractivity contribution in [3.8, 4) is 22.8 Å². The number of rotatable bonds is 4. The fourth-order valence-corrected chi connectivity index (χ4v) is 3.15. The number of hydrogen-bond donors (Lipinski definition) is 0. The number of fused-ring (bicyclic) bond motifs is 1. The maximum Gasteiger partial charge on any atom is 0.350 e. The standard InChI is InChI=1S/C21H13F2N5O2/c22-15-8-6-13(7-9-15)12-28-21(29)27-10-2-5-17(19(27)25-28)20-24-18(26-30-20)14-3-1-4-16(23)11-14/h1-11H,12H2. The minimum Gasteiger partial charge on any atom is -0.333 e. The van der Waals surface area contributed by atoms with Gasteiger partial charge in [-0.05, 0) is 42.0 Å². The van der Waals surface area contributed by atoms with Crippen LogP contribution in [0.3, 0.4) is 0 Å². The van der Waals surface area contributed by atoms with Gasteiger partial charge < -0.3 is 4.52 Å². The van der Waals surface area contributed by atoms with E-state index < -0.39 is 5.82 Å². The van der Waals surface area contributed by atoms with E-state index >= 15 is 0 Å². The van der Waals surface area contributed by atoms with E-state index in [2.05, 4.69) is 15.2 Å². The summed E-state index contributed by atoms with van der Waals surface area (Å²) in [4.78, 5) is 17.1. The summed E-state index contributed by atoms with van der Waals surface area (Å²) in [6.07, 6.45) is 1.58. The lowest BCUT2D eigenvalue weighted by atomic mass is 10.2. The SMILES string of the molecule is O=c1n(Cc2ccc(F)cc2)nc2c(-c3nc(-c4cccc(F)c4)no3)cccn12. The van der Waals surface area contributed by atoms with Crippen molar-refractivity contribution < 1.29 is 13.3 Å². The van der Waals surface area contributed by atoms with Gasteiger partial charge in [0.25, 0.3) is 5.89 Å². The summed E-state index contributed by atoms with van der Waals surface area (Å²) in [6, 6.07) is 15.1. The highest BCUT2D eigenvalue weighted by Gasteiger charge is 2.18. The number of hydrogen-bond acceptors (Lipinski definition) is 5. The molecule has 0 aliphatic heterocycles. The van der Waals surface area contributed by atoms with Crippen LogP contribution in [0.2, 0.25) is 0 Å². The quantitative estimate of drug-likeness (QED) is 0.457. The Balaban J connectivity index is 1.56. The van der Waals surface area contributed by atoms with Gasteiger partial charge in [0.15, 0.2) is 5.65 Å². The zero-order valence-electron chi connectivity index (χ0n) is 15.4. The second-order valence-corrected chi connectivity index (χ2v) is 6.62. The van der Waals surface area contributed by atoms with E-state index in [-0.39, 0.29) is 29.8 Å². The van der Waals surface area contributed by atoms with Gasteiger partial charge in [-0.3, -0.25) is 0 Å². The van der Waals surface area contributed by atoms with E-state index in [4.69, 9.17) is 4.52 Å². The molecule has 0 saturated carbocycles. The van der Waals surface area contributed by atoms with Gasteiger partial charge in [0, 0.05) is 11.8 Å². The molecule has 0 bridgehead atoms. The van der Waals surface area contributed by atoms with Gasteiger partial charge in [-0.1, -0.05) is 29.4 Å². The topological polar surface area (TPSA) is 78.2 Å². The Morgan fingerprint density at radius 1 is 0.967 bits per heavy atom. The minimum atomic E-state index is -0.410. The van der Waals surface area contributed by atoms with Crippen LogP contribution >= 0.6 is 0 Å². The summed E-state index contributed by atoms with van der Waals surface area (Å²) in [5, 5.41) is 8.29. The lowest BCUT2D eigenvalue weighted by Crippen LogP contribution is -2.21. The van der Waals surface area contributed by atoms with Crippen molar-refractivity contribution in [2.75, 3.05) is 0 Å². The normalized spacial score (nSPS) is 11.3. The van der Waals surface area contributed by atoms with Gasteiger partial charge in [-0.25, -0.2) is 22.7 Å². The Morgan fingerprint density at radius 3 is 2.60 bits per heavy atom. The monoisotopic (exact) mass is 405 g/mol. The summed E-state index contributed by atoms with van der Waals surface area (Å²) in [7, 11) is 0. The Labute approximate surface area is 167 Å². The predicted molar refractivity (Wildman–Crippen MR) is 104 cm³/mol. The fraction of sp³-hybridized carbons (Fsp3) is 0.0476. The number of pyridine rings is 1. The summed E-state index contributed by atoms with van der Waals surface area (Å²) in [5.41, 5.74) is 1.63. The third-order valence-electron chi connectivity index (χ3n) is 4.59. The van der Waals surface area contributed by atoms with Crippen molar-refractivity contribution >= 4 is 5.65 Å². The smallest absolute Gasteiger partial charge is 0.333 e. The second-order valence-electron chi connectivity index (χ2n) is 6.62. The maximum absolute atomic E-state index is 13.5. The molecule has 9 heteroatoms. The molecule has 0 atom stereocenters. The third-order valence-corrected chi connectivity index (χ3v) is 4.59. The predicted octanol–water partition coefficient (Wildman–Crippen LogP) is 3.54. The molecule has 0 aliphatic carbocycles. The van der Waals surface area contributed by atoms with Crippen LogP contribution in [0.25, 0.3) is 28.5 Å². The van der Waals surface area contributed by atoms with Crippen molar-refractivity contribution in [2.45, 2.75) is 6.54 Å². The van der Waals surface area contributed by atoms with Crippen LogP contribution in [0.1, 0.15) is 5.56 Å². The number of nitrogens with zero attached hydrogens (tertiary/aromatic N) is 5. The lowest BCUT2D eigenvalue weighted by molar-refractivity contribution is 0.432. The first-order chi connectivity index (χ1) is 14.6. The van der Waals surface area contributed by atoms with E-state index in [1.165, 1.54) is 33.3 Å². The summed E-state index contributed by atoms with van der Waals surface area (Å²) in [5.74, 6) is -0.390. The van der Waals surface area contributed by atoms with Crippen molar-refractivity contribution in [1.29, 1.82) is 0 Å². The molecule has 30 heavy (non-hydrogen) atoms. The molecule has 7 nitrogen and oxygen atoms in total. The van der Waals surface area contributed by atoms with Crippen LogP contribution in [-0.4, -0.2) is 24.3 Å². The molecular weight excluding hydrogens is 392 g/mol. The van der Waals surface area contributed by atoms with Gasteiger partial charge in [0.2, 0.25) is 5.82 Å². The summed E-state index contributed by atoms with van der Waals surface area (Å²) in [6.45, 7) is 0.179. The third kappa shape index (κ3) is 3.16. The van der Waals surface area contributed by atoms with E-state index in [0.717, 1.165) is 5.56 Å². The molecule has 3 heterocycles. The maximum atomic E-state index is 13.5. The average Bonchev–Trinajstić information content (AvgIpc) is 3.35. The molecule has 0 spiro atoms. The molecule has 0 unspecified atom stereocenters. The lowest BCUT2D eigenvalue weighted by Gasteiger charge is -1.99. The highest BCUT2D eigenvalue weighted by Crippen LogP contribution is 2.24. The molecule has 3 aromatic heterocycles. The van der Waals surface area contributed by atoms with E-state index in [1.807, 2.05) is 0 Å². The molecule has 0 amide bonds. The van der Waals surface area contributed by atoms with Crippen LogP contribution in [0, 0.1) is 11.6 Å². The molecule has 5 rings (SSSR count). The van der Waals surface area contributed by atoms with Gasteiger partial charge >= 0.3 is 5.69 Å². The first-order valence-electron chi connectivity index (χ1n) is 9.01. The van der Waals surface area contributed by atoms with Crippen molar-refractivity contribution in [3.63, 3.8) is 0 Å². The number of halogens is 2.